The lowest BCUT2D eigenvalue weighted by Gasteiger charge is -2.14. The van der Waals surface area contributed by atoms with E-state index in [1.807, 2.05) is 26.2 Å². The minimum atomic E-state index is -0.165. The largest absolute Gasteiger partial charge is 0.376 e. The van der Waals surface area contributed by atoms with Crippen LogP contribution in [-0.4, -0.2) is 9.78 Å². The van der Waals surface area contributed by atoms with Gasteiger partial charge < -0.3 is 5.32 Å². The lowest BCUT2D eigenvalue weighted by atomic mass is 10.1. The van der Waals surface area contributed by atoms with Gasteiger partial charge >= 0.3 is 0 Å². The molecule has 0 saturated heterocycles. The molecule has 1 atom stereocenters. The van der Waals surface area contributed by atoms with Crippen molar-refractivity contribution in [3.05, 3.63) is 47.5 Å². The molecule has 1 heterocycles. The van der Waals surface area contributed by atoms with E-state index in [2.05, 4.69) is 10.4 Å². The van der Waals surface area contributed by atoms with Gasteiger partial charge in [0.1, 0.15) is 5.82 Å². The van der Waals surface area contributed by atoms with E-state index in [0.717, 1.165) is 11.3 Å². The first-order chi connectivity index (χ1) is 8.06. The smallest absolute Gasteiger partial charge is 0.126 e. The Balaban J connectivity index is 2.14. The second kappa shape index (κ2) is 4.57. The van der Waals surface area contributed by atoms with Gasteiger partial charge in [0, 0.05) is 19.3 Å². The molecular weight excluding hydrogens is 217 g/mol. The highest BCUT2D eigenvalue weighted by Gasteiger charge is 2.08. The summed E-state index contributed by atoms with van der Waals surface area (Å²) < 4.78 is 15.2. The fraction of sp³-hybridized carbons (Fsp3) is 0.308. The molecule has 1 aromatic carbocycles. The summed E-state index contributed by atoms with van der Waals surface area (Å²) in [6, 6.07) is 5.36. The molecule has 1 unspecified atom stereocenters. The van der Waals surface area contributed by atoms with Crippen molar-refractivity contribution in [1.29, 1.82) is 0 Å². The summed E-state index contributed by atoms with van der Waals surface area (Å²) in [5, 5.41) is 7.35. The minimum Gasteiger partial charge on any atom is -0.376 e. The van der Waals surface area contributed by atoms with Gasteiger partial charge in [-0.2, -0.15) is 5.10 Å². The molecule has 1 N–H and O–H groups in total. The van der Waals surface area contributed by atoms with Crippen LogP contribution in [0.1, 0.15) is 24.1 Å². The molecule has 3 nitrogen and oxygen atoms in total. The van der Waals surface area contributed by atoms with Gasteiger partial charge in [-0.3, -0.25) is 4.68 Å². The second-order valence-electron chi connectivity index (χ2n) is 4.28. The van der Waals surface area contributed by atoms with Gasteiger partial charge in [0.05, 0.1) is 11.9 Å². The van der Waals surface area contributed by atoms with Crippen molar-refractivity contribution < 1.29 is 4.39 Å². The van der Waals surface area contributed by atoms with Crippen LogP contribution in [0.5, 0.6) is 0 Å². The minimum absolute atomic E-state index is 0.0503. The van der Waals surface area contributed by atoms with Gasteiger partial charge in [-0.1, -0.05) is 12.1 Å². The molecule has 1 aromatic heterocycles. The SMILES string of the molecule is Cc1ccc(C(C)Nc2cnn(C)c2)cc1F. The Hall–Kier alpha value is -1.84. The maximum absolute atomic E-state index is 13.4. The summed E-state index contributed by atoms with van der Waals surface area (Å²) in [5.41, 5.74) is 2.53. The zero-order valence-electron chi connectivity index (χ0n) is 10.2. The van der Waals surface area contributed by atoms with Crippen LogP contribution in [0.3, 0.4) is 0 Å². The molecule has 0 fully saturated rings. The van der Waals surface area contributed by atoms with Crippen molar-refractivity contribution in [2.75, 3.05) is 5.32 Å². The lowest BCUT2D eigenvalue weighted by molar-refractivity contribution is 0.614. The number of nitrogens with one attached hydrogen (secondary N) is 1. The van der Waals surface area contributed by atoms with Crippen LogP contribution in [0.2, 0.25) is 0 Å². The quantitative estimate of drug-likeness (QED) is 0.883. The highest BCUT2D eigenvalue weighted by Crippen LogP contribution is 2.20. The maximum Gasteiger partial charge on any atom is 0.126 e. The molecule has 0 aliphatic rings. The highest BCUT2D eigenvalue weighted by atomic mass is 19.1. The number of benzene rings is 1. The average Bonchev–Trinajstić information content (AvgIpc) is 2.68. The highest BCUT2D eigenvalue weighted by molar-refractivity contribution is 5.41. The molecule has 2 aromatic rings. The third kappa shape index (κ3) is 2.64. The van der Waals surface area contributed by atoms with Crippen molar-refractivity contribution in [3.8, 4) is 0 Å². The third-order valence-electron chi connectivity index (χ3n) is 2.78. The van der Waals surface area contributed by atoms with Gasteiger partial charge in [0.15, 0.2) is 0 Å². The van der Waals surface area contributed by atoms with Crippen molar-refractivity contribution in [3.63, 3.8) is 0 Å². The molecule has 0 aliphatic heterocycles. The molecule has 0 spiro atoms. The fourth-order valence-electron chi connectivity index (χ4n) is 1.71. The van der Waals surface area contributed by atoms with E-state index in [1.54, 1.807) is 29.9 Å². The number of nitrogens with zero attached hydrogens (tertiary/aromatic N) is 2. The van der Waals surface area contributed by atoms with Gasteiger partial charge in [-0.15, -0.1) is 0 Å². The van der Waals surface area contributed by atoms with Gasteiger partial charge in [0.2, 0.25) is 0 Å². The van der Waals surface area contributed by atoms with Crippen molar-refractivity contribution in [2.24, 2.45) is 7.05 Å². The third-order valence-corrected chi connectivity index (χ3v) is 2.78. The summed E-state index contributed by atoms with van der Waals surface area (Å²) in [6.07, 6.45) is 3.64. The normalized spacial score (nSPS) is 12.5. The maximum atomic E-state index is 13.4. The van der Waals surface area contributed by atoms with E-state index in [9.17, 15) is 4.39 Å². The fourth-order valence-corrected chi connectivity index (χ4v) is 1.71. The number of hydrogen-bond donors (Lipinski definition) is 1. The first-order valence-corrected chi connectivity index (χ1v) is 5.57. The number of aryl methyl sites for hydroxylation is 2. The number of halogens is 1. The van der Waals surface area contributed by atoms with E-state index in [4.69, 9.17) is 0 Å². The van der Waals surface area contributed by atoms with E-state index in [1.165, 1.54) is 0 Å². The van der Waals surface area contributed by atoms with E-state index in [0.29, 0.717) is 5.56 Å². The molecule has 4 heteroatoms. The topological polar surface area (TPSA) is 29.9 Å². The molecule has 17 heavy (non-hydrogen) atoms. The van der Waals surface area contributed by atoms with Crippen LogP contribution < -0.4 is 5.32 Å². The first kappa shape index (κ1) is 11.6. The van der Waals surface area contributed by atoms with Gasteiger partial charge in [0.25, 0.3) is 0 Å². The zero-order valence-corrected chi connectivity index (χ0v) is 10.2. The Bertz CT molecular complexity index is 519. The van der Waals surface area contributed by atoms with Crippen LogP contribution in [0, 0.1) is 12.7 Å². The van der Waals surface area contributed by atoms with E-state index in [-0.39, 0.29) is 11.9 Å². The van der Waals surface area contributed by atoms with E-state index < -0.39 is 0 Å². The van der Waals surface area contributed by atoms with Crippen LogP contribution in [0.4, 0.5) is 10.1 Å². The first-order valence-electron chi connectivity index (χ1n) is 5.57. The predicted molar refractivity (Wildman–Crippen MR) is 66.4 cm³/mol. The standard InChI is InChI=1S/C13H16FN3/c1-9-4-5-11(6-13(9)14)10(2)16-12-7-15-17(3)8-12/h4-8,10,16H,1-3H3. The Labute approximate surface area is 100 Å². The summed E-state index contributed by atoms with van der Waals surface area (Å²) in [4.78, 5) is 0. The van der Waals surface area contributed by atoms with Gasteiger partial charge in [-0.25, -0.2) is 4.39 Å². The van der Waals surface area contributed by atoms with Crippen molar-refractivity contribution in [2.45, 2.75) is 19.9 Å². The molecule has 0 bridgehead atoms. The van der Waals surface area contributed by atoms with Gasteiger partial charge in [-0.05, 0) is 31.0 Å². The van der Waals surface area contributed by atoms with Crippen molar-refractivity contribution in [1.82, 2.24) is 9.78 Å². The van der Waals surface area contributed by atoms with Crippen LogP contribution in [0.15, 0.2) is 30.6 Å². The van der Waals surface area contributed by atoms with Crippen molar-refractivity contribution >= 4 is 5.69 Å². The summed E-state index contributed by atoms with van der Waals surface area (Å²) in [6.45, 7) is 3.76. The number of anilines is 1. The zero-order chi connectivity index (χ0) is 12.4. The van der Waals surface area contributed by atoms with Crippen LogP contribution in [-0.2, 0) is 7.05 Å². The summed E-state index contributed by atoms with van der Waals surface area (Å²) in [7, 11) is 1.86. The number of hydrogen-bond acceptors (Lipinski definition) is 2. The Kier molecular flexibility index (Phi) is 3.13. The summed E-state index contributed by atoms with van der Waals surface area (Å²) in [5.74, 6) is -0.165. The predicted octanol–water partition coefficient (Wildman–Crippen LogP) is 3.04. The number of rotatable bonds is 3. The molecule has 2 rings (SSSR count). The monoisotopic (exact) mass is 233 g/mol. The summed E-state index contributed by atoms with van der Waals surface area (Å²) >= 11 is 0. The van der Waals surface area contributed by atoms with Crippen LogP contribution >= 0.6 is 0 Å². The lowest BCUT2D eigenvalue weighted by Crippen LogP contribution is -2.06. The average molecular weight is 233 g/mol. The molecule has 0 radical (unpaired) electrons. The van der Waals surface area contributed by atoms with Crippen LogP contribution in [0.25, 0.3) is 0 Å². The molecular formula is C13H16FN3. The molecule has 0 amide bonds. The second-order valence-corrected chi connectivity index (χ2v) is 4.28. The Morgan fingerprint density at radius 3 is 2.76 bits per heavy atom. The molecule has 0 saturated carbocycles. The van der Waals surface area contributed by atoms with E-state index >= 15 is 0 Å². The number of aromatic nitrogens is 2. The molecule has 0 aliphatic carbocycles. The molecule has 90 valence electrons. The Morgan fingerprint density at radius 1 is 1.41 bits per heavy atom. The Morgan fingerprint density at radius 2 is 2.18 bits per heavy atom.